The van der Waals surface area contributed by atoms with Crippen molar-refractivity contribution < 1.29 is 13.2 Å². The van der Waals surface area contributed by atoms with E-state index in [9.17, 15) is 8.42 Å². The van der Waals surface area contributed by atoms with Crippen molar-refractivity contribution in [2.45, 2.75) is 49.8 Å². The lowest BCUT2D eigenvalue weighted by molar-refractivity contribution is 0.0980. The van der Waals surface area contributed by atoms with Crippen LogP contribution >= 0.6 is 0 Å². The number of sulfonamides is 1. The van der Waals surface area contributed by atoms with Crippen molar-refractivity contribution >= 4 is 26.8 Å². The molecule has 9 nitrogen and oxygen atoms in total. The smallest absolute Gasteiger partial charge is 0.214 e. The van der Waals surface area contributed by atoms with Crippen LogP contribution in [0.2, 0.25) is 0 Å². The first kappa shape index (κ1) is 18.0. The van der Waals surface area contributed by atoms with Crippen LogP contribution in [0.5, 0.6) is 0 Å². The molecule has 10 heteroatoms. The number of rotatable bonds is 4. The fourth-order valence-electron chi connectivity index (χ4n) is 4.66. The molecule has 2 fully saturated rings. The van der Waals surface area contributed by atoms with Gasteiger partial charge in [-0.2, -0.15) is 0 Å². The molecule has 1 saturated carbocycles. The number of fused-ring (bicyclic) bond motifs is 3. The van der Waals surface area contributed by atoms with Crippen molar-refractivity contribution in [3.05, 3.63) is 24.3 Å². The molecule has 0 aromatic carbocycles. The average Bonchev–Trinajstić information content (AvgIpc) is 3.39. The minimum Gasteiger partial charge on any atom is -0.381 e. The van der Waals surface area contributed by atoms with E-state index in [4.69, 9.17) is 4.74 Å². The normalized spacial score (nSPS) is 27.1. The average molecular weight is 404 g/mol. The van der Waals surface area contributed by atoms with E-state index in [1.54, 1.807) is 6.20 Å². The van der Waals surface area contributed by atoms with Crippen molar-refractivity contribution in [1.29, 1.82) is 0 Å². The number of aromatic nitrogens is 5. The second kappa shape index (κ2) is 6.78. The number of hydrogen-bond acceptors (Lipinski definition) is 6. The Balaban J connectivity index is 1.41. The molecule has 1 aliphatic heterocycles. The molecule has 28 heavy (non-hydrogen) atoms. The molecular weight excluding hydrogens is 380 g/mol. The highest BCUT2D eigenvalue weighted by Crippen LogP contribution is 2.39. The van der Waals surface area contributed by atoms with Gasteiger partial charge in [0.25, 0.3) is 0 Å². The van der Waals surface area contributed by atoms with Crippen LogP contribution in [0.1, 0.15) is 44.3 Å². The molecule has 3 atom stereocenters. The zero-order valence-electron chi connectivity index (χ0n) is 15.7. The van der Waals surface area contributed by atoms with Gasteiger partial charge < -0.3 is 9.72 Å². The van der Waals surface area contributed by atoms with E-state index in [1.807, 2.05) is 16.7 Å². The van der Waals surface area contributed by atoms with Crippen molar-refractivity contribution in [3.63, 3.8) is 0 Å². The Morgan fingerprint density at radius 1 is 1.25 bits per heavy atom. The summed E-state index contributed by atoms with van der Waals surface area (Å²) in [4.78, 5) is 7.48. The molecule has 1 aliphatic carbocycles. The summed E-state index contributed by atoms with van der Waals surface area (Å²) >= 11 is 0. The molecule has 0 radical (unpaired) electrons. The SMILES string of the molecule is C[C@@H]1C[C@H](NS(=O)(=O)C2CCOCC2)C[C@@H]1c1nnc2cnc3[nH]ccc3n12. The highest BCUT2D eigenvalue weighted by Gasteiger charge is 2.39. The van der Waals surface area contributed by atoms with Crippen LogP contribution in [0.4, 0.5) is 0 Å². The third-order valence-electron chi connectivity index (χ3n) is 6.12. The predicted octanol–water partition coefficient (Wildman–Crippen LogP) is 1.59. The summed E-state index contributed by atoms with van der Waals surface area (Å²) in [5.74, 6) is 1.32. The Morgan fingerprint density at radius 3 is 2.89 bits per heavy atom. The lowest BCUT2D eigenvalue weighted by Gasteiger charge is -2.24. The molecule has 1 saturated heterocycles. The largest absolute Gasteiger partial charge is 0.381 e. The van der Waals surface area contributed by atoms with Gasteiger partial charge in [0.15, 0.2) is 11.3 Å². The van der Waals surface area contributed by atoms with E-state index in [1.165, 1.54) is 0 Å². The maximum atomic E-state index is 12.8. The van der Waals surface area contributed by atoms with Crippen molar-refractivity contribution in [1.82, 2.24) is 29.3 Å². The number of ether oxygens (including phenoxy) is 1. The maximum absolute atomic E-state index is 12.8. The van der Waals surface area contributed by atoms with Crippen LogP contribution in [-0.2, 0) is 14.8 Å². The molecule has 3 aromatic heterocycles. The van der Waals surface area contributed by atoms with Crippen LogP contribution in [0.15, 0.2) is 18.5 Å². The fourth-order valence-corrected chi connectivity index (χ4v) is 6.32. The van der Waals surface area contributed by atoms with Crippen LogP contribution in [0.3, 0.4) is 0 Å². The molecule has 0 spiro atoms. The summed E-state index contributed by atoms with van der Waals surface area (Å²) in [6, 6.07) is 1.89. The van der Waals surface area contributed by atoms with Crippen LogP contribution < -0.4 is 4.72 Å². The van der Waals surface area contributed by atoms with Crippen LogP contribution in [0, 0.1) is 5.92 Å². The lowest BCUT2D eigenvalue weighted by Crippen LogP contribution is -2.42. The highest BCUT2D eigenvalue weighted by molar-refractivity contribution is 7.90. The van der Waals surface area contributed by atoms with Gasteiger partial charge in [0, 0.05) is 31.4 Å². The Kier molecular flexibility index (Phi) is 4.37. The number of nitrogens with one attached hydrogen (secondary N) is 2. The predicted molar refractivity (Wildman–Crippen MR) is 103 cm³/mol. The first-order chi connectivity index (χ1) is 13.5. The standard InChI is InChI=1S/C18H24N6O3S/c1-11-8-12(23-28(25,26)13-3-6-27-7-4-13)9-14(11)18-22-21-16-10-20-17-15(24(16)18)2-5-19-17/h2,5,10-14,19,23H,3-4,6-9H2,1H3/t11-,12+,14+/m1/s1. The van der Waals surface area contributed by atoms with Crippen molar-refractivity contribution in [3.8, 4) is 0 Å². The summed E-state index contributed by atoms with van der Waals surface area (Å²) in [6.45, 7) is 3.19. The van der Waals surface area contributed by atoms with Gasteiger partial charge in [0.1, 0.15) is 5.82 Å². The van der Waals surface area contributed by atoms with E-state index in [-0.39, 0.29) is 17.2 Å². The van der Waals surface area contributed by atoms with Crippen LogP contribution in [0.25, 0.3) is 16.8 Å². The third kappa shape index (κ3) is 2.99. The Morgan fingerprint density at radius 2 is 2.07 bits per heavy atom. The molecule has 0 bridgehead atoms. The van der Waals surface area contributed by atoms with Gasteiger partial charge in [-0.15, -0.1) is 10.2 Å². The molecular formula is C18H24N6O3S. The summed E-state index contributed by atoms with van der Waals surface area (Å²) in [7, 11) is -3.34. The monoisotopic (exact) mass is 404 g/mol. The van der Waals surface area contributed by atoms with E-state index in [0.717, 1.165) is 29.8 Å². The molecule has 0 unspecified atom stereocenters. The zero-order chi connectivity index (χ0) is 19.3. The zero-order valence-corrected chi connectivity index (χ0v) is 16.5. The second-order valence-corrected chi connectivity index (χ2v) is 9.94. The third-order valence-corrected chi connectivity index (χ3v) is 8.13. The van der Waals surface area contributed by atoms with E-state index in [2.05, 4.69) is 31.8 Å². The molecule has 150 valence electrons. The summed E-state index contributed by atoms with van der Waals surface area (Å²) < 4.78 is 35.9. The number of hydrogen-bond donors (Lipinski definition) is 2. The van der Waals surface area contributed by atoms with E-state index < -0.39 is 10.0 Å². The Hall–Kier alpha value is -2.04. The number of aromatic amines is 1. The molecule has 3 aromatic rings. The summed E-state index contributed by atoms with van der Waals surface area (Å²) in [6.07, 6.45) is 6.20. The van der Waals surface area contributed by atoms with Gasteiger partial charge in [-0.3, -0.25) is 4.40 Å². The van der Waals surface area contributed by atoms with Gasteiger partial charge in [-0.1, -0.05) is 6.92 Å². The minimum absolute atomic E-state index is 0.0799. The first-order valence-corrected chi connectivity index (χ1v) is 11.3. The molecule has 2 N–H and O–H groups in total. The molecule has 2 aliphatic rings. The minimum atomic E-state index is -3.34. The molecule has 4 heterocycles. The van der Waals surface area contributed by atoms with E-state index in [0.29, 0.717) is 37.6 Å². The van der Waals surface area contributed by atoms with Gasteiger partial charge in [0.05, 0.1) is 17.0 Å². The van der Waals surface area contributed by atoms with Gasteiger partial charge >= 0.3 is 0 Å². The Bertz CT molecular complexity index is 1100. The highest BCUT2D eigenvalue weighted by atomic mass is 32.2. The van der Waals surface area contributed by atoms with Gasteiger partial charge in [-0.25, -0.2) is 18.1 Å². The number of nitrogens with zero attached hydrogens (tertiary/aromatic N) is 4. The van der Waals surface area contributed by atoms with Gasteiger partial charge in [-0.05, 0) is 37.7 Å². The quantitative estimate of drug-likeness (QED) is 0.682. The molecule has 5 rings (SSSR count). The second-order valence-electron chi connectivity index (χ2n) is 7.95. The summed E-state index contributed by atoms with van der Waals surface area (Å²) in [5, 5.41) is 8.38. The van der Waals surface area contributed by atoms with Gasteiger partial charge in [0.2, 0.25) is 10.0 Å². The molecule has 0 amide bonds. The first-order valence-electron chi connectivity index (χ1n) is 9.79. The van der Waals surface area contributed by atoms with Crippen molar-refractivity contribution in [2.75, 3.05) is 13.2 Å². The van der Waals surface area contributed by atoms with Crippen LogP contribution in [-0.4, -0.2) is 57.5 Å². The fraction of sp³-hybridized carbons (Fsp3) is 0.611. The summed E-state index contributed by atoms with van der Waals surface area (Å²) in [5.41, 5.74) is 2.44. The lowest BCUT2D eigenvalue weighted by atomic mass is 9.97. The number of H-pyrrole nitrogens is 1. The van der Waals surface area contributed by atoms with E-state index >= 15 is 0 Å². The Labute approximate surface area is 162 Å². The van der Waals surface area contributed by atoms with Crippen molar-refractivity contribution in [2.24, 2.45) is 5.92 Å². The topological polar surface area (TPSA) is 114 Å². The maximum Gasteiger partial charge on any atom is 0.214 e.